The average molecular weight is 256 g/mol. The van der Waals surface area contributed by atoms with Gasteiger partial charge in [-0.3, -0.25) is 4.79 Å². The van der Waals surface area contributed by atoms with Gasteiger partial charge in [-0.05, 0) is 45.1 Å². The van der Waals surface area contributed by atoms with Gasteiger partial charge in [-0.15, -0.1) is 0 Å². The van der Waals surface area contributed by atoms with Gasteiger partial charge in [0.2, 0.25) is 5.91 Å². The number of amides is 1. The second kappa shape index (κ2) is 5.99. The number of hydrogen-bond donors (Lipinski definition) is 2. The maximum absolute atomic E-state index is 11.7. The molecule has 1 saturated heterocycles. The Morgan fingerprint density at radius 3 is 2.72 bits per heavy atom. The zero-order chi connectivity index (χ0) is 13.0. The van der Waals surface area contributed by atoms with E-state index >= 15 is 0 Å². The molecule has 2 unspecified atom stereocenters. The summed E-state index contributed by atoms with van der Waals surface area (Å²) in [4.78, 5) is 11.7. The van der Waals surface area contributed by atoms with Gasteiger partial charge in [0.1, 0.15) is 5.54 Å². The van der Waals surface area contributed by atoms with Gasteiger partial charge in [0.05, 0.1) is 19.3 Å². The van der Waals surface area contributed by atoms with E-state index in [-0.39, 0.29) is 12.0 Å². The van der Waals surface area contributed by atoms with Crippen LogP contribution in [0.4, 0.5) is 0 Å². The lowest BCUT2D eigenvalue weighted by Gasteiger charge is -2.31. The van der Waals surface area contributed by atoms with Crippen molar-refractivity contribution in [3.8, 4) is 0 Å². The van der Waals surface area contributed by atoms with Crippen LogP contribution in [0.1, 0.15) is 32.1 Å². The Kier molecular flexibility index (Phi) is 4.59. The van der Waals surface area contributed by atoms with Crippen molar-refractivity contribution < 1.29 is 14.3 Å². The molecule has 104 valence electrons. The van der Waals surface area contributed by atoms with Gasteiger partial charge in [0, 0.05) is 6.61 Å². The fraction of sp³-hybridized carbons (Fsp3) is 0.923. The lowest BCUT2D eigenvalue weighted by Crippen LogP contribution is -2.59. The largest absolute Gasteiger partial charge is 0.376 e. The van der Waals surface area contributed by atoms with Crippen LogP contribution < -0.4 is 11.1 Å². The van der Waals surface area contributed by atoms with E-state index in [1.54, 1.807) is 7.05 Å². The summed E-state index contributed by atoms with van der Waals surface area (Å²) < 4.78 is 11.3. The van der Waals surface area contributed by atoms with Crippen molar-refractivity contribution in [3.05, 3.63) is 0 Å². The molecule has 1 heterocycles. The molecule has 0 aromatic heterocycles. The van der Waals surface area contributed by atoms with Crippen molar-refractivity contribution in [1.82, 2.24) is 5.32 Å². The second-order valence-electron chi connectivity index (χ2n) is 5.36. The first-order valence-electron chi connectivity index (χ1n) is 6.87. The van der Waals surface area contributed by atoms with Crippen LogP contribution in [-0.4, -0.2) is 44.4 Å². The minimum absolute atomic E-state index is 0.181. The predicted octanol–water partition coefficient (Wildman–Crippen LogP) is 0.426. The first kappa shape index (κ1) is 13.8. The zero-order valence-electron chi connectivity index (χ0n) is 11.1. The van der Waals surface area contributed by atoms with Crippen LogP contribution in [0, 0.1) is 5.92 Å². The van der Waals surface area contributed by atoms with Crippen molar-refractivity contribution in [3.63, 3.8) is 0 Å². The van der Waals surface area contributed by atoms with Gasteiger partial charge in [-0.1, -0.05) is 0 Å². The van der Waals surface area contributed by atoms with Gasteiger partial charge < -0.3 is 20.5 Å². The molecule has 2 atom stereocenters. The summed E-state index contributed by atoms with van der Waals surface area (Å²) >= 11 is 0. The van der Waals surface area contributed by atoms with Crippen LogP contribution in [-0.2, 0) is 14.3 Å². The van der Waals surface area contributed by atoms with Crippen LogP contribution >= 0.6 is 0 Å². The van der Waals surface area contributed by atoms with Crippen molar-refractivity contribution in [1.29, 1.82) is 0 Å². The van der Waals surface area contributed by atoms with Crippen molar-refractivity contribution in [2.75, 3.05) is 26.9 Å². The topological polar surface area (TPSA) is 73.6 Å². The minimum atomic E-state index is -0.686. The number of nitrogens with one attached hydrogen (secondary N) is 1. The molecule has 0 radical (unpaired) electrons. The fourth-order valence-electron chi connectivity index (χ4n) is 2.66. The van der Waals surface area contributed by atoms with Crippen LogP contribution in [0.25, 0.3) is 0 Å². The van der Waals surface area contributed by atoms with E-state index in [1.807, 2.05) is 0 Å². The summed E-state index contributed by atoms with van der Waals surface area (Å²) in [6.07, 6.45) is 5.66. The van der Waals surface area contributed by atoms with E-state index in [0.717, 1.165) is 32.3 Å². The molecule has 18 heavy (non-hydrogen) atoms. The molecule has 0 aromatic rings. The Morgan fingerprint density at radius 1 is 1.44 bits per heavy atom. The molecule has 0 aromatic carbocycles. The standard InChI is InChI=1S/C13H24N2O3/c1-15-13(12(14)16,10-5-6-10)9-17-8-11-4-2-3-7-18-11/h10-11,15H,2-9H2,1H3,(H2,14,16). The molecule has 1 saturated carbocycles. The summed E-state index contributed by atoms with van der Waals surface area (Å²) in [5.74, 6) is 0.0179. The molecular weight excluding hydrogens is 232 g/mol. The van der Waals surface area contributed by atoms with Gasteiger partial charge in [0.25, 0.3) is 0 Å². The lowest BCUT2D eigenvalue weighted by molar-refractivity contribution is -0.129. The Labute approximate surface area is 108 Å². The van der Waals surface area contributed by atoms with E-state index in [9.17, 15) is 4.79 Å². The number of primary amides is 1. The smallest absolute Gasteiger partial charge is 0.240 e. The molecule has 2 fully saturated rings. The van der Waals surface area contributed by atoms with Gasteiger partial charge in [-0.25, -0.2) is 0 Å². The number of ether oxygens (including phenoxy) is 2. The van der Waals surface area contributed by atoms with Crippen LogP contribution in [0.15, 0.2) is 0 Å². The highest BCUT2D eigenvalue weighted by molar-refractivity contribution is 5.85. The van der Waals surface area contributed by atoms with Crippen LogP contribution in [0.2, 0.25) is 0 Å². The zero-order valence-corrected chi connectivity index (χ0v) is 11.1. The number of carbonyl (C=O) groups is 1. The van der Waals surface area contributed by atoms with Gasteiger partial charge >= 0.3 is 0 Å². The average Bonchev–Trinajstić information content (AvgIpc) is 3.20. The summed E-state index contributed by atoms with van der Waals surface area (Å²) in [7, 11) is 1.78. The maximum Gasteiger partial charge on any atom is 0.240 e. The number of hydrogen-bond acceptors (Lipinski definition) is 4. The van der Waals surface area contributed by atoms with Crippen molar-refractivity contribution in [2.24, 2.45) is 11.7 Å². The van der Waals surface area contributed by atoms with E-state index in [1.165, 1.54) is 6.42 Å². The Bertz CT molecular complexity index is 288. The fourth-order valence-corrected chi connectivity index (χ4v) is 2.66. The first-order valence-corrected chi connectivity index (χ1v) is 6.87. The number of likely N-dealkylation sites (N-methyl/N-ethyl adjacent to an activating group) is 1. The molecule has 1 aliphatic heterocycles. The third kappa shape index (κ3) is 3.02. The summed E-state index contributed by atoms with van der Waals surface area (Å²) in [6, 6.07) is 0. The van der Waals surface area contributed by atoms with E-state index < -0.39 is 5.54 Å². The first-order chi connectivity index (χ1) is 8.69. The Morgan fingerprint density at radius 2 is 2.22 bits per heavy atom. The quantitative estimate of drug-likeness (QED) is 0.692. The lowest BCUT2D eigenvalue weighted by atomic mass is 9.93. The third-order valence-corrected chi connectivity index (χ3v) is 4.07. The number of nitrogens with two attached hydrogens (primary N) is 1. The molecule has 2 rings (SSSR count). The van der Waals surface area contributed by atoms with Crippen molar-refractivity contribution >= 4 is 5.91 Å². The molecule has 5 nitrogen and oxygen atoms in total. The Balaban J connectivity index is 1.80. The number of rotatable bonds is 7. The third-order valence-electron chi connectivity index (χ3n) is 4.07. The maximum atomic E-state index is 11.7. The molecule has 0 spiro atoms. The molecule has 2 aliphatic rings. The molecule has 1 amide bonds. The van der Waals surface area contributed by atoms with Crippen molar-refractivity contribution in [2.45, 2.75) is 43.7 Å². The van der Waals surface area contributed by atoms with Crippen LogP contribution in [0.5, 0.6) is 0 Å². The minimum Gasteiger partial charge on any atom is -0.376 e. The van der Waals surface area contributed by atoms with E-state index in [0.29, 0.717) is 19.1 Å². The van der Waals surface area contributed by atoms with E-state index in [4.69, 9.17) is 15.2 Å². The molecule has 3 N–H and O–H groups in total. The van der Waals surface area contributed by atoms with Gasteiger partial charge in [0.15, 0.2) is 0 Å². The second-order valence-corrected chi connectivity index (χ2v) is 5.36. The monoisotopic (exact) mass is 256 g/mol. The SMILES string of the molecule is CNC(COCC1CCCCO1)(C(N)=O)C1CC1. The summed E-state index contributed by atoms with van der Waals surface area (Å²) in [5.41, 5.74) is 4.84. The predicted molar refractivity (Wildman–Crippen MR) is 68.1 cm³/mol. The van der Waals surface area contributed by atoms with Gasteiger partial charge in [-0.2, -0.15) is 0 Å². The molecule has 1 aliphatic carbocycles. The van der Waals surface area contributed by atoms with E-state index in [2.05, 4.69) is 5.32 Å². The normalized spacial score (nSPS) is 27.7. The molecular formula is C13H24N2O3. The highest BCUT2D eigenvalue weighted by Gasteiger charge is 2.49. The summed E-state index contributed by atoms with van der Waals surface area (Å²) in [5, 5.41) is 3.07. The Hall–Kier alpha value is -0.650. The highest BCUT2D eigenvalue weighted by atomic mass is 16.5. The summed E-state index contributed by atoms with van der Waals surface area (Å²) in [6.45, 7) is 1.73. The highest BCUT2D eigenvalue weighted by Crippen LogP contribution is 2.39. The molecule has 0 bridgehead atoms. The van der Waals surface area contributed by atoms with Crippen LogP contribution in [0.3, 0.4) is 0 Å². The number of carbonyl (C=O) groups excluding carboxylic acids is 1. The molecule has 5 heteroatoms.